The normalized spacial score (nSPS) is 11.2. The van der Waals surface area contributed by atoms with E-state index in [1.165, 1.54) is 19.1 Å². The van der Waals surface area contributed by atoms with Gasteiger partial charge in [0.05, 0.1) is 16.8 Å². The van der Waals surface area contributed by atoms with Gasteiger partial charge in [0.1, 0.15) is 11.6 Å². The van der Waals surface area contributed by atoms with Crippen LogP contribution in [0.4, 0.5) is 15.9 Å². The third-order valence-electron chi connectivity index (χ3n) is 3.02. The fraction of sp³-hybridized carbons (Fsp3) is 0.267. The number of aryl methyl sites for hydroxylation is 1. The number of nitrogens with one attached hydrogen (secondary N) is 2. The van der Waals surface area contributed by atoms with Gasteiger partial charge in [-0.25, -0.2) is 17.8 Å². The lowest BCUT2D eigenvalue weighted by Crippen LogP contribution is -2.14. The number of pyridine rings is 1. The van der Waals surface area contributed by atoms with E-state index >= 15 is 0 Å². The van der Waals surface area contributed by atoms with Crippen LogP contribution in [0.1, 0.15) is 18.9 Å². The fourth-order valence-corrected chi connectivity index (χ4v) is 2.90. The van der Waals surface area contributed by atoms with Crippen LogP contribution in [0, 0.1) is 12.7 Å². The Balaban J connectivity index is 2.16. The van der Waals surface area contributed by atoms with Crippen LogP contribution in [0.5, 0.6) is 0 Å². The first kappa shape index (κ1) is 16.2. The molecule has 118 valence electrons. The number of anilines is 2. The molecule has 7 heteroatoms. The summed E-state index contributed by atoms with van der Waals surface area (Å²) in [6.45, 7) is 4.38. The van der Waals surface area contributed by atoms with Gasteiger partial charge in [0.15, 0.2) is 0 Å². The number of sulfonamides is 1. The van der Waals surface area contributed by atoms with Crippen molar-refractivity contribution in [3.05, 3.63) is 47.9 Å². The first-order chi connectivity index (χ1) is 10.4. The largest absolute Gasteiger partial charge is 0.384 e. The minimum atomic E-state index is -3.78. The number of hydrogen-bond acceptors (Lipinski definition) is 4. The van der Waals surface area contributed by atoms with E-state index in [-0.39, 0.29) is 16.3 Å². The van der Waals surface area contributed by atoms with Crippen LogP contribution in [0.3, 0.4) is 0 Å². The lowest BCUT2D eigenvalue weighted by molar-refractivity contribution is 0.598. The first-order valence-corrected chi connectivity index (χ1v) is 8.39. The molecule has 5 nitrogen and oxygen atoms in total. The zero-order chi connectivity index (χ0) is 16.2. The van der Waals surface area contributed by atoms with Crippen LogP contribution in [0.25, 0.3) is 0 Å². The number of benzene rings is 1. The molecule has 0 atom stereocenters. The smallest absolute Gasteiger partial charge is 0.263 e. The topological polar surface area (TPSA) is 71.1 Å². The van der Waals surface area contributed by atoms with E-state index in [0.717, 1.165) is 24.7 Å². The van der Waals surface area contributed by atoms with Crippen LogP contribution in [-0.2, 0) is 10.0 Å². The van der Waals surface area contributed by atoms with Gasteiger partial charge in [0, 0.05) is 6.54 Å². The highest BCUT2D eigenvalue weighted by Gasteiger charge is 2.16. The Hall–Kier alpha value is -2.15. The van der Waals surface area contributed by atoms with Crippen molar-refractivity contribution in [3.63, 3.8) is 0 Å². The number of halogens is 1. The van der Waals surface area contributed by atoms with Gasteiger partial charge in [-0.2, -0.15) is 0 Å². The molecule has 1 aromatic heterocycles. The van der Waals surface area contributed by atoms with Crippen molar-refractivity contribution in [1.29, 1.82) is 0 Å². The number of aromatic nitrogens is 1. The fourth-order valence-electron chi connectivity index (χ4n) is 1.81. The standard InChI is InChI=1S/C15H18FN3O2S/c1-3-8-17-12-4-7-15(18-10-12)19-22(20,21)13-5-6-14(16)11(2)9-13/h4-7,9-10,17H,3,8H2,1-2H3,(H,18,19). The summed E-state index contributed by atoms with van der Waals surface area (Å²) in [5.41, 5.74) is 1.09. The predicted octanol–water partition coefficient (Wildman–Crippen LogP) is 3.15. The quantitative estimate of drug-likeness (QED) is 0.856. The Bertz CT molecular complexity index is 746. The molecule has 0 saturated heterocycles. The monoisotopic (exact) mass is 323 g/mol. The zero-order valence-electron chi connectivity index (χ0n) is 12.4. The van der Waals surface area contributed by atoms with Crippen molar-refractivity contribution >= 4 is 21.5 Å². The van der Waals surface area contributed by atoms with Gasteiger partial charge < -0.3 is 5.32 Å². The van der Waals surface area contributed by atoms with Crippen LogP contribution in [0.15, 0.2) is 41.4 Å². The Morgan fingerprint density at radius 3 is 2.59 bits per heavy atom. The molecular weight excluding hydrogens is 305 g/mol. The molecule has 2 aromatic rings. The summed E-state index contributed by atoms with van der Waals surface area (Å²) in [6, 6.07) is 6.97. The Morgan fingerprint density at radius 2 is 2.00 bits per heavy atom. The molecule has 22 heavy (non-hydrogen) atoms. The van der Waals surface area contributed by atoms with E-state index in [1.54, 1.807) is 18.3 Å². The van der Waals surface area contributed by atoms with Crippen molar-refractivity contribution in [2.75, 3.05) is 16.6 Å². The van der Waals surface area contributed by atoms with E-state index in [1.807, 2.05) is 6.92 Å². The summed E-state index contributed by atoms with van der Waals surface area (Å²) in [6.07, 6.45) is 2.54. The van der Waals surface area contributed by atoms with E-state index in [2.05, 4.69) is 15.0 Å². The Labute approximate surface area is 129 Å². The van der Waals surface area contributed by atoms with Crippen LogP contribution in [0.2, 0.25) is 0 Å². The third-order valence-corrected chi connectivity index (χ3v) is 4.37. The van der Waals surface area contributed by atoms with E-state index in [9.17, 15) is 12.8 Å². The molecule has 2 rings (SSSR count). The average Bonchev–Trinajstić information content (AvgIpc) is 2.49. The minimum absolute atomic E-state index is 0.00128. The lowest BCUT2D eigenvalue weighted by Gasteiger charge is -2.09. The van der Waals surface area contributed by atoms with Gasteiger partial charge in [0.2, 0.25) is 0 Å². The summed E-state index contributed by atoms with van der Waals surface area (Å²) >= 11 is 0. The maximum Gasteiger partial charge on any atom is 0.263 e. The molecule has 0 amide bonds. The van der Waals surface area contributed by atoms with Crippen molar-refractivity contribution in [2.24, 2.45) is 0 Å². The van der Waals surface area contributed by atoms with E-state index < -0.39 is 15.8 Å². The Morgan fingerprint density at radius 1 is 1.23 bits per heavy atom. The summed E-state index contributed by atoms with van der Waals surface area (Å²) in [5.74, 6) is -0.229. The van der Waals surface area contributed by atoms with E-state index in [0.29, 0.717) is 0 Å². The predicted molar refractivity (Wildman–Crippen MR) is 85.0 cm³/mol. The highest BCUT2D eigenvalue weighted by atomic mass is 32.2. The molecule has 0 spiro atoms. The molecule has 0 aliphatic rings. The molecule has 2 N–H and O–H groups in total. The number of nitrogens with zero attached hydrogens (tertiary/aromatic N) is 1. The van der Waals surface area contributed by atoms with Gasteiger partial charge in [-0.15, -0.1) is 0 Å². The van der Waals surface area contributed by atoms with Crippen molar-refractivity contribution in [1.82, 2.24) is 4.98 Å². The van der Waals surface area contributed by atoms with Crippen molar-refractivity contribution < 1.29 is 12.8 Å². The maximum absolute atomic E-state index is 13.2. The van der Waals surface area contributed by atoms with Crippen LogP contribution < -0.4 is 10.0 Å². The van der Waals surface area contributed by atoms with Crippen LogP contribution >= 0.6 is 0 Å². The second-order valence-electron chi connectivity index (χ2n) is 4.88. The first-order valence-electron chi connectivity index (χ1n) is 6.91. The number of rotatable bonds is 6. The highest BCUT2D eigenvalue weighted by molar-refractivity contribution is 7.92. The van der Waals surface area contributed by atoms with Gasteiger partial charge in [-0.05, 0) is 49.2 Å². The summed E-state index contributed by atoms with van der Waals surface area (Å²) in [4.78, 5) is 4.06. The summed E-state index contributed by atoms with van der Waals surface area (Å²) in [5, 5.41) is 3.15. The molecule has 0 radical (unpaired) electrons. The number of hydrogen-bond donors (Lipinski definition) is 2. The molecule has 0 aliphatic heterocycles. The van der Waals surface area contributed by atoms with Crippen molar-refractivity contribution in [3.8, 4) is 0 Å². The molecule has 0 saturated carbocycles. The maximum atomic E-state index is 13.2. The lowest BCUT2D eigenvalue weighted by atomic mass is 10.2. The molecule has 0 aliphatic carbocycles. The molecular formula is C15H18FN3O2S. The SMILES string of the molecule is CCCNc1ccc(NS(=O)(=O)c2ccc(F)c(C)c2)nc1. The van der Waals surface area contributed by atoms with Gasteiger partial charge in [-0.3, -0.25) is 4.72 Å². The van der Waals surface area contributed by atoms with Gasteiger partial charge in [0.25, 0.3) is 10.0 Å². The average molecular weight is 323 g/mol. The second kappa shape index (κ2) is 6.74. The van der Waals surface area contributed by atoms with Crippen molar-refractivity contribution in [2.45, 2.75) is 25.2 Å². The third kappa shape index (κ3) is 3.94. The zero-order valence-corrected chi connectivity index (χ0v) is 13.2. The molecule has 0 fully saturated rings. The molecule has 1 heterocycles. The van der Waals surface area contributed by atoms with Gasteiger partial charge >= 0.3 is 0 Å². The van der Waals surface area contributed by atoms with Gasteiger partial charge in [-0.1, -0.05) is 6.92 Å². The van der Waals surface area contributed by atoms with Crippen LogP contribution in [-0.4, -0.2) is 19.9 Å². The minimum Gasteiger partial charge on any atom is -0.384 e. The molecule has 1 aromatic carbocycles. The molecule has 0 bridgehead atoms. The highest BCUT2D eigenvalue weighted by Crippen LogP contribution is 2.18. The van der Waals surface area contributed by atoms with E-state index in [4.69, 9.17) is 0 Å². The second-order valence-corrected chi connectivity index (χ2v) is 6.56. The Kier molecular flexibility index (Phi) is 4.97. The molecule has 0 unspecified atom stereocenters. The summed E-state index contributed by atoms with van der Waals surface area (Å²) < 4.78 is 40.1. The summed E-state index contributed by atoms with van der Waals surface area (Å²) in [7, 11) is -3.78.